The number of hydrazine groups is 1. The molecule has 0 radical (unpaired) electrons. The van der Waals surface area contributed by atoms with Gasteiger partial charge in [0, 0.05) is 5.02 Å². The molecule has 0 saturated heterocycles. The lowest BCUT2D eigenvalue weighted by atomic mass is 10.3. The van der Waals surface area contributed by atoms with Crippen molar-refractivity contribution in [1.82, 2.24) is 10.9 Å². The van der Waals surface area contributed by atoms with Gasteiger partial charge in [-0.3, -0.25) is 15.6 Å². The van der Waals surface area contributed by atoms with E-state index in [1.54, 1.807) is 12.1 Å². The molecule has 0 aliphatic carbocycles. The number of rotatable bonds is 3. The Bertz CT molecular complexity index is 443. The SMILES string of the molecule is O=C(COc1ccc(Cl)cc1Cl)NNC(=S)S. The van der Waals surface area contributed by atoms with Crippen LogP contribution in [0.3, 0.4) is 0 Å². The number of hydrogen-bond acceptors (Lipinski definition) is 3. The lowest BCUT2D eigenvalue weighted by Gasteiger charge is -2.09. The van der Waals surface area contributed by atoms with Gasteiger partial charge in [0.2, 0.25) is 0 Å². The predicted octanol–water partition coefficient (Wildman–Crippen LogP) is 2.21. The second-order valence-corrected chi connectivity index (χ2v) is 4.84. The van der Waals surface area contributed by atoms with Gasteiger partial charge in [-0.05, 0) is 18.2 Å². The highest BCUT2D eigenvalue weighted by Crippen LogP contribution is 2.27. The number of hydrogen-bond donors (Lipinski definition) is 3. The van der Waals surface area contributed by atoms with Gasteiger partial charge in [-0.25, -0.2) is 0 Å². The lowest BCUT2D eigenvalue weighted by Crippen LogP contribution is -2.41. The number of carbonyl (C=O) groups excluding carboxylic acids is 1. The second-order valence-electron chi connectivity index (χ2n) is 2.84. The Kier molecular flexibility index (Phi) is 5.84. The normalized spacial score (nSPS) is 9.59. The largest absolute Gasteiger partial charge is 0.482 e. The highest BCUT2D eigenvalue weighted by Gasteiger charge is 2.06. The molecule has 0 saturated carbocycles. The Morgan fingerprint density at radius 2 is 2.12 bits per heavy atom. The number of nitrogens with one attached hydrogen (secondary N) is 2. The fourth-order valence-corrected chi connectivity index (χ4v) is 1.46. The molecule has 1 aromatic rings. The van der Waals surface area contributed by atoms with Gasteiger partial charge in [0.15, 0.2) is 6.61 Å². The molecular weight excluding hydrogens is 303 g/mol. The number of thiocarbonyl (C=S) groups is 1. The van der Waals surface area contributed by atoms with Gasteiger partial charge in [-0.2, -0.15) is 0 Å². The first-order valence-corrected chi connectivity index (χ1v) is 5.96. The Morgan fingerprint density at radius 1 is 1.41 bits per heavy atom. The summed E-state index contributed by atoms with van der Waals surface area (Å²) in [6.07, 6.45) is 0. The average molecular weight is 311 g/mol. The molecule has 92 valence electrons. The summed E-state index contributed by atoms with van der Waals surface area (Å²) in [5, 5.41) is 0.830. The molecule has 8 heteroatoms. The maximum Gasteiger partial charge on any atom is 0.276 e. The van der Waals surface area contributed by atoms with E-state index >= 15 is 0 Å². The number of ether oxygens (including phenoxy) is 1. The molecule has 0 aliphatic heterocycles. The molecule has 0 spiro atoms. The molecule has 0 aromatic heterocycles. The monoisotopic (exact) mass is 310 g/mol. The van der Waals surface area contributed by atoms with E-state index in [1.807, 2.05) is 0 Å². The average Bonchev–Trinajstić information content (AvgIpc) is 2.25. The number of carbonyl (C=O) groups is 1. The van der Waals surface area contributed by atoms with Crippen LogP contribution in [0, 0.1) is 0 Å². The van der Waals surface area contributed by atoms with Crippen LogP contribution < -0.4 is 15.6 Å². The van der Waals surface area contributed by atoms with Crippen molar-refractivity contribution in [1.29, 1.82) is 0 Å². The zero-order chi connectivity index (χ0) is 12.8. The Hall–Kier alpha value is -0.690. The zero-order valence-corrected chi connectivity index (χ0v) is 11.6. The van der Waals surface area contributed by atoms with Gasteiger partial charge in [0.25, 0.3) is 5.91 Å². The van der Waals surface area contributed by atoms with Gasteiger partial charge in [0.1, 0.15) is 10.1 Å². The summed E-state index contributed by atoms with van der Waals surface area (Å²) >= 11 is 19.9. The first kappa shape index (κ1) is 14.4. The maximum atomic E-state index is 11.2. The number of benzene rings is 1. The Labute approximate surface area is 119 Å². The third-order valence-electron chi connectivity index (χ3n) is 1.56. The zero-order valence-electron chi connectivity index (χ0n) is 8.37. The van der Waals surface area contributed by atoms with E-state index in [9.17, 15) is 4.79 Å². The van der Waals surface area contributed by atoms with Gasteiger partial charge < -0.3 is 4.74 Å². The lowest BCUT2D eigenvalue weighted by molar-refractivity contribution is -0.123. The highest BCUT2D eigenvalue weighted by atomic mass is 35.5. The number of halogens is 2. The molecule has 2 N–H and O–H groups in total. The first-order chi connectivity index (χ1) is 7.99. The molecule has 1 amide bonds. The van der Waals surface area contributed by atoms with E-state index in [4.69, 9.17) is 27.9 Å². The minimum atomic E-state index is -0.410. The van der Waals surface area contributed by atoms with Crippen LogP contribution in [-0.4, -0.2) is 16.8 Å². The summed E-state index contributed by atoms with van der Waals surface area (Å²) in [7, 11) is 0. The third kappa shape index (κ3) is 5.45. The van der Waals surface area contributed by atoms with E-state index in [1.165, 1.54) is 6.07 Å². The summed E-state index contributed by atoms with van der Waals surface area (Å²) in [5.74, 6) is -0.0351. The van der Waals surface area contributed by atoms with E-state index in [-0.39, 0.29) is 10.9 Å². The smallest absolute Gasteiger partial charge is 0.276 e. The molecule has 1 aromatic carbocycles. The van der Waals surface area contributed by atoms with Crippen LogP contribution in [0.2, 0.25) is 10.0 Å². The van der Waals surface area contributed by atoms with Crippen molar-refractivity contribution >= 4 is 58.3 Å². The molecule has 1 rings (SSSR count). The molecule has 0 heterocycles. The van der Waals surface area contributed by atoms with Crippen molar-refractivity contribution in [3.63, 3.8) is 0 Å². The molecule has 17 heavy (non-hydrogen) atoms. The number of thiol groups is 1. The van der Waals surface area contributed by atoms with Gasteiger partial charge in [-0.1, -0.05) is 35.4 Å². The standard InChI is InChI=1S/C9H8Cl2N2O2S2/c10-5-1-2-7(6(11)3-5)15-4-8(14)12-13-9(16)17/h1-3H,4H2,(H,12,14)(H2,13,16,17). The summed E-state index contributed by atoms with van der Waals surface area (Å²) in [5.41, 5.74) is 4.65. The molecule has 0 atom stereocenters. The van der Waals surface area contributed by atoms with Crippen LogP contribution in [0.4, 0.5) is 0 Å². The predicted molar refractivity (Wildman–Crippen MR) is 74.8 cm³/mol. The molecule has 0 unspecified atom stereocenters. The van der Waals surface area contributed by atoms with Crippen molar-refractivity contribution in [3.8, 4) is 5.75 Å². The number of amides is 1. The molecule has 0 aliphatic rings. The summed E-state index contributed by atoms with van der Waals surface area (Å²) in [4.78, 5) is 11.2. The Balaban J connectivity index is 2.44. The highest BCUT2D eigenvalue weighted by molar-refractivity contribution is 8.11. The molecule has 0 fully saturated rings. The summed E-state index contributed by atoms with van der Waals surface area (Å²) < 4.78 is 5.33. The van der Waals surface area contributed by atoms with E-state index < -0.39 is 5.91 Å². The van der Waals surface area contributed by atoms with Crippen molar-refractivity contribution in [2.75, 3.05) is 6.61 Å². The van der Waals surface area contributed by atoms with Gasteiger partial charge in [-0.15, -0.1) is 12.6 Å². The van der Waals surface area contributed by atoms with Crippen LogP contribution in [0.25, 0.3) is 0 Å². The topological polar surface area (TPSA) is 50.4 Å². The van der Waals surface area contributed by atoms with Crippen molar-refractivity contribution in [2.45, 2.75) is 0 Å². The fraction of sp³-hybridized carbons (Fsp3) is 0.111. The van der Waals surface area contributed by atoms with Crippen LogP contribution in [-0.2, 0) is 4.79 Å². The Morgan fingerprint density at radius 3 is 2.71 bits per heavy atom. The summed E-state index contributed by atoms with van der Waals surface area (Å²) in [6.45, 7) is -0.204. The maximum absolute atomic E-state index is 11.2. The van der Waals surface area contributed by atoms with Crippen LogP contribution in [0.1, 0.15) is 0 Å². The van der Waals surface area contributed by atoms with Crippen LogP contribution in [0.5, 0.6) is 5.75 Å². The molecular formula is C9H8Cl2N2O2S2. The van der Waals surface area contributed by atoms with Crippen LogP contribution >= 0.6 is 48.0 Å². The molecule has 0 bridgehead atoms. The quantitative estimate of drug-likeness (QED) is 0.455. The van der Waals surface area contributed by atoms with Crippen LogP contribution in [0.15, 0.2) is 18.2 Å². The van der Waals surface area contributed by atoms with E-state index in [0.717, 1.165) is 0 Å². The van der Waals surface area contributed by atoms with E-state index in [0.29, 0.717) is 15.8 Å². The van der Waals surface area contributed by atoms with Crippen molar-refractivity contribution in [2.24, 2.45) is 0 Å². The molecule has 4 nitrogen and oxygen atoms in total. The van der Waals surface area contributed by atoms with Crippen molar-refractivity contribution < 1.29 is 9.53 Å². The second kappa shape index (κ2) is 6.90. The fourth-order valence-electron chi connectivity index (χ4n) is 0.895. The summed E-state index contributed by atoms with van der Waals surface area (Å²) in [6, 6.07) is 4.72. The van der Waals surface area contributed by atoms with Gasteiger partial charge in [0.05, 0.1) is 5.02 Å². The third-order valence-corrected chi connectivity index (χ3v) is 2.31. The first-order valence-electron chi connectivity index (χ1n) is 4.34. The van der Waals surface area contributed by atoms with Crippen molar-refractivity contribution in [3.05, 3.63) is 28.2 Å². The minimum Gasteiger partial charge on any atom is -0.482 e. The minimum absolute atomic E-state index is 0.155. The van der Waals surface area contributed by atoms with Gasteiger partial charge >= 0.3 is 0 Å². The van der Waals surface area contributed by atoms with E-state index in [2.05, 4.69) is 35.7 Å².